The van der Waals surface area contributed by atoms with Crippen LogP contribution in [0.4, 0.5) is 11.4 Å². The van der Waals surface area contributed by atoms with Gasteiger partial charge in [0.05, 0.1) is 13.2 Å². The molecule has 0 aliphatic carbocycles. The monoisotopic (exact) mass is 329 g/mol. The second-order valence-corrected chi connectivity index (χ2v) is 6.67. The first-order valence-corrected chi connectivity index (χ1v) is 8.84. The molecule has 3 aromatic carbocycles. The number of rotatable bonds is 3. The summed E-state index contributed by atoms with van der Waals surface area (Å²) in [7, 11) is 1.71. The van der Waals surface area contributed by atoms with E-state index in [0.29, 0.717) is 6.04 Å². The van der Waals surface area contributed by atoms with Crippen LogP contribution in [0.2, 0.25) is 0 Å². The van der Waals surface area contributed by atoms with Gasteiger partial charge >= 0.3 is 0 Å². The summed E-state index contributed by atoms with van der Waals surface area (Å²) in [6, 6.07) is 26.4. The van der Waals surface area contributed by atoms with E-state index in [4.69, 9.17) is 4.74 Å². The lowest BCUT2D eigenvalue weighted by atomic mass is 9.90. The van der Waals surface area contributed by atoms with E-state index in [1.54, 1.807) is 7.11 Å². The molecule has 0 radical (unpaired) electrons. The topological polar surface area (TPSA) is 12.5 Å². The molecule has 4 rings (SSSR count). The Morgan fingerprint density at radius 1 is 0.920 bits per heavy atom. The van der Waals surface area contributed by atoms with Crippen molar-refractivity contribution in [2.75, 3.05) is 12.0 Å². The Morgan fingerprint density at radius 3 is 2.40 bits per heavy atom. The third-order valence-electron chi connectivity index (χ3n) is 5.03. The molecular weight excluding hydrogens is 306 g/mol. The minimum atomic E-state index is 0.352. The van der Waals surface area contributed by atoms with Gasteiger partial charge in [-0.25, -0.2) is 0 Å². The average Bonchev–Trinajstić information content (AvgIpc) is 2.68. The second kappa shape index (κ2) is 6.64. The first-order valence-electron chi connectivity index (χ1n) is 8.84. The van der Waals surface area contributed by atoms with Crippen molar-refractivity contribution in [1.29, 1.82) is 0 Å². The van der Waals surface area contributed by atoms with Crippen LogP contribution in [0, 0.1) is 6.92 Å². The van der Waals surface area contributed by atoms with E-state index in [2.05, 4.69) is 72.5 Å². The maximum Gasteiger partial charge on any atom is 0.119 e. The molecule has 1 aliphatic rings. The number of ether oxygens (including phenoxy) is 1. The highest BCUT2D eigenvalue weighted by molar-refractivity contribution is 5.70. The Hall–Kier alpha value is -2.74. The summed E-state index contributed by atoms with van der Waals surface area (Å²) in [5.74, 6) is 0.890. The van der Waals surface area contributed by atoms with Gasteiger partial charge in [-0.15, -0.1) is 0 Å². The molecule has 126 valence electrons. The summed E-state index contributed by atoms with van der Waals surface area (Å²) in [5.41, 5.74) is 6.65. The molecule has 0 aromatic heterocycles. The molecule has 1 aliphatic heterocycles. The lowest BCUT2D eigenvalue weighted by Gasteiger charge is -2.39. The van der Waals surface area contributed by atoms with Crippen LogP contribution in [0.5, 0.6) is 5.75 Å². The van der Waals surface area contributed by atoms with Gasteiger partial charge < -0.3 is 9.64 Å². The molecular formula is C23H23NO. The maximum atomic E-state index is 5.33. The summed E-state index contributed by atoms with van der Waals surface area (Å²) in [6.07, 6.45) is 2.23. The highest BCUT2D eigenvalue weighted by atomic mass is 16.5. The van der Waals surface area contributed by atoms with Gasteiger partial charge in [0.15, 0.2) is 0 Å². The molecule has 0 saturated carbocycles. The van der Waals surface area contributed by atoms with Crippen LogP contribution in [0.1, 0.15) is 29.2 Å². The lowest BCUT2D eigenvalue weighted by Crippen LogP contribution is -2.29. The molecule has 1 heterocycles. The van der Waals surface area contributed by atoms with E-state index in [0.717, 1.165) is 18.6 Å². The first-order chi connectivity index (χ1) is 12.3. The van der Waals surface area contributed by atoms with Gasteiger partial charge in [0.2, 0.25) is 0 Å². The van der Waals surface area contributed by atoms with Crippen molar-refractivity contribution in [3.05, 3.63) is 89.5 Å². The first kappa shape index (κ1) is 15.8. The van der Waals surface area contributed by atoms with Gasteiger partial charge in [-0.05, 0) is 61.2 Å². The van der Waals surface area contributed by atoms with Crippen LogP contribution < -0.4 is 9.64 Å². The van der Waals surface area contributed by atoms with Crippen molar-refractivity contribution < 1.29 is 4.74 Å². The highest BCUT2D eigenvalue weighted by Gasteiger charge is 2.28. The van der Waals surface area contributed by atoms with Gasteiger partial charge in [-0.3, -0.25) is 0 Å². The zero-order chi connectivity index (χ0) is 17.2. The van der Waals surface area contributed by atoms with Crippen molar-refractivity contribution in [3.8, 4) is 5.75 Å². The summed E-state index contributed by atoms with van der Waals surface area (Å²) in [4.78, 5) is 2.48. The normalized spacial score (nSPS) is 16.4. The number of anilines is 2. The minimum Gasteiger partial charge on any atom is -0.497 e. The molecule has 3 aromatic rings. The number of hydrogen-bond acceptors (Lipinski definition) is 2. The summed E-state index contributed by atoms with van der Waals surface area (Å²) in [6.45, 7) is 2.17. The maximum absolute atomic E-state index is 5.33. The molecule has 0 bridgehead atoms. The zero-order valence-electron chi connectivity index (χ0n) is 14.8. The summed E-state index contributed by atoms with van der Waals surface area (Å²) in [5, 5.41) is 0. The standard InChI is InChI=1S/C23H23NO/c1-17-8-14-23-19(16-17)9-15-22(18-6-4-3-5-7-18)24(23)20-10-12-21(25-2)13-11-20/h3-8,10-14,16,22H,9,15H2,1-2H3. The van der Waals surface area contributed by atoms with Crippen LogP contribution in [0.25, 0.3) is 0 Å². The molecule has 2 nitrogen and oxygen atoms in total. The highest BCUT2D eigenvalue weighted by Crippen LogP contribution is 2.44. The quantitative estimate of drug-likeness (QED) is 0.599. The van der Waals surface area contributed by atoms with E-state index < -0.39 is 0 Å². The summed E-state index contributed by atoms with van der Waals surface area (Å²) < 4.78 is 5.33. The number of fused-ring (bicyclic) bond motifs is 1. The van der Waals surface area contributed by atoms with Crippen molar-refractivity contribution in [3.63, 3.8) is 0 Å². The molecule has 2 heteroatoms. The third kappa shape index (κ3) is 3.00. The molecule has 0 fully saturated rings. The predicted octanol–water partition coefficient (Wildman–Crippen LogP) is 5.83. The Morgan fingerprint density at radius 2 is 1.68 bits per heavy atom. The van der Waals surface area contributed by atoms with Gasteiger partial charge in [0, 0.05) is 11.4 Å². The van der Waals surface area contributed by atoms with E-state index in [9.17, 15) is 0 Å². The number of aryl methyl sites for hydroxylation is 2. The molecule has 0 N–H and O–H groups in total. The molecule has 25 heavy (non-hydrogen) atoms. The van der Waals surface area contributed by atoms with Gasteiger partial charge in [-0.1, -0.05) is 48.0 Å². The SMILES string of the molecule is COc1ccc(N2c3ccc(C)cc3CCC2c2ccccc2)cc1. The third-order valence-corrected chi connectivity index (χ3v) is 5.03. The number of benzene rings is 3. The van der Waals surface area contributed by atoms with E-state index in [1.165, 1.54) is 28.1 Å². The van der Waals surface area contributed by atoms with Gasteiger partial charge in [0.25, 0.3) is 0 Å². The Balaban J connectivity index is 1.83. The zero-order valence-corrected chi connectivity index (χ0v) is 14.8. The molecule has 1 unspecified atom stereocenters. The summed E-state index contributed by atoms with van der Waals surface area (Å²) >= 11 is 0. The van der Waals surface area contributed by atoms with Gasteiger partial charge in [0.1, 0.15) is 5.75 Å². The van der Waals surface area contributed by atoms with Crippen LogP contribution in [0.15, 0.2) is 72.8 Å². The van der Waals surface area contributed by atoms with Crippen molar-refractivity contribution in [1.82, 2.24) is 0 Å². The fourth-order valence-corrected chi connectivity index (χ4v) is 3.79. The number of methoxy groups -OCH3 is 1. The average molecular weight is 329 g/mol. The lowest BCUT2D eigenvalue weighted by molar-refractivity contribution is 0.415. The van der Waals surface area contributed by atoms with E-state index >= 15 is 0 Å². The fraction of sp³-hybridized carbons (Fsp3) is 0.217. The Labute approximate surface area is 149 Å². The van der Waals surface area contributed by atoms with Crippen LogP contribution >= 0.6 is 0 Å². The van der Waals surface area contributed by atoms with Crippen molar-refractivity contribution >= 4 is 11.4 Å². The molecule has 1 atom stereocenters. The largest absolute Gasteiger partial charge is 0.497 e. The second-order valence-electron chi connectivity index (χ2n) is 6.67. The van der Waals surface area contributed by atoms with Crippen molar-refractivity contribution in [2.24, 2.45) is 0 Å². The van der Waals surface area contributed by atoms with E-state index in [-0.39, 0.29) is 0 Å². The Bertz CT molecular complexity index is 855. The predicted molar refractivity (Wildman–Crippen MR) is 104 cm³/mol. The number of nitrogens with zero attached hydrogens (tertiary/aromatic N) is 1. The van der Waals surface area contributed by atoms with Crippen molar-refractivity contribution in [2.45, 2.75) is 25.8 Å². The van der Waals surface area contributed by atoms with Crippen LogP contribution in [-0.4, -0.2) is 7.11 Å². The molecule has 0 amide bonds. The van der Waals surface area contributed by atoms with E-state index in [1.807, 2.05) is 12.1 Å². The molecule has 0 spiro atoms. The van der Waals surface area contributed by atoms with Gasteiger partial charge in [-0.2, -0.15) is 0 Å². The molecule has 0 saturated heterocycles. The van der Waals surface area contributed by atoms with Crippen LogP contribution in [0.3, 0.4) is 0 Å². The van der Waals surface area contributed by atoms with Crippen LogP contribution in [-0.2, 0) is 6.42 Å². The number of hydrogen-bond donors (Lipinski definition) is 0. The Kier molecular flexibility index (Phi) is 4.19. The minimum absolute atomic E-state index is 0.352. The fourth-order valence-electron chi connectivity index (χ4n) is 3.79. The smallest absolute Gasteiger partial charge is 0.119 e.